The highest BCUT2D eigenvalue weighted by molar-refractivity contribution is 7.06. The van der Waals surface area contributed by atoms with Gasteiger partial charge < -0.3 is 50.3 Å². The summed E-state index contributed by atoms with van der Waals surface area (Å²) >= 11 is 0. The lowest BCUT2D eigenvalue weighted by Crippen LogP contribution is -2.87. The molecule has 0 aliphatic carbocycles. The molecule has 0 aromatic heterocycles. The number of rotatable bonds is 2. The van der Waals surface area contributed by atoms with Gasteiger partial charge in [0.05, 0.1) is 0 Å². The predicted octanol–water partition coefficient (Wildman–Crippen LogP) is 0.570. The molecule has 30 heavy (non-hydrogen) atoms. The van der Waals surface area contributed by atoms with Crippen LogP contribution in [-0.2, 0) is 50.3 Å². The first kappa shape index (κ1) is 23.0. The molecule has 2 radical (unpaired) electrons. The van der Waals surface area contributed by atoms with E-state index in [0.717, 1.165) is 0 Å². The fraction of sp³-hybridized carbons (Fsp3) is 1.00. The van der Waals surface area contributed by atoms with Gasteiger partial charge in [0.15, 0.2) is 4.85 Å². The van der Waals surface area contributed by atoms with E-state index in [9.17, 15) is 0 Å². The van der Waals surface area contributed by atoms with Crippen molar-refractivity contribution < 1.29 is 50.3 Å². The van der Waals surface area contributed by atoms with Crippen LogP contribution in [0.3, 0.4) is 0 Å². The zero-order chi connectivity index (χ0) is 21.9. The summed E-state index contributed by atoms with van der Waals surface area (Å²) in [5, 5.41) is 0. The maximum atomic E-state index is 6.73. The van der Waals surface area contributed by atoms with Crippen molar-refractivity contribution in [1.29, 1.82) is 0 Å². The summed E-state index contributed by atoms with van der Waals surface area (Å²) in [5.41, 5.74) is 0. The molecule has 6 bridgehead atoms. The molecule has 0 N–H and O–H groups in total. The monoisotopic (exact) mass is 562 g/mol. The maximum absolute atomic E-state index is 6.73. The first-order chi connectivity index (χ1) is 13.6. The lowest BCUT2D eigenvalue weighted by Gasteiger charge is -2.58. The summed E-state index contributed by atoms with van der Waals surface area (Å²) in [6.45, 7) is 14.5. The van der Waals surface area contributed by atoms with Crippen LogP contribution in [-0.4, -0.2) is 82.8 Å². The van der Waals surface area contributed by atoms with Gasteiger partial charge in [0, 0.05) is 32.7 Å². The Balaban J connectivity index is 1.76. The molecular weight excluding hydrogens is 537 g/mol. The molecule has 1 spiro atoms. The molecule has 20 heteroatoms. The molecule has 5 aliphatic rings. The highest BCUT2D eigenvalue weighted by Crippen LogP contribution is 2.56. The Hall–Kier alpha value is 1.26. The highest BCUT2D eigenvalue weighted by Gasteiger charge is 2.89. The molecule has 5 saturated heterocycles. The van der Waals surface area contributed by atoms with Crippen molar-refractivity contribution in [2.75, 3.05) is 6.79 Å². The third-order valence-corrected chi connectivity index (χ3v) is 38.4. The second kappa shape index (κ2) is 6.47. The molecular formula is C10H26O12Si8. The van der Waals surface area contributed by atoms with Crippen LogP contribution in [0.5, 0.6) is 0 Å². The molecule has 5 aliphatic heterocycles. The van der Waals surface area contributed by atoms with Gasteiger partial charge in [-0.15, -0.1) is 0 Å². The lowest BCUT2D eigenvalue weighted by atomic mass is 10.8. The van der Waals surface area contributed by atoms with Gasteiger partial charge in [0.25, 0.3) is 0 Å². The SMILES string of the molecule is C[Si]O[Si]1(C)O[Si]2(C)O[Si]3(C)OCO[Si]4(C)O[Si]5(C)OC1(C)[Si](O5)(O[Si](C)(O4)O3)O2. The van der Waals surface area contributed by atoms with Gasteiger partial charge in [-0.25, -0.2) is 0 Å². The third-order valence-electron chi connectivity index (χ3n) is 5.60. The van der Waals surface area contributed by atoms with Crippen LogP contribution in [0, 0.1) is 0 Å². The summed E-state index contributed by atoms with van der Waals surface area (Å²) in [6, 6.07) is 0. The molecule has 0 saturated carbocycles. The fourth-order valence-electron chi connectivity index (χ4n) is 4.59. The Morgan fingerprint density at radius 3 is 1.67 bits per heavy atom. The van der Waals surface area contributed by atoms with E-state index in [4.69, 9.17) is 50.3 Å². The quantitative estimate of drug-likeness (QED) is 0.439. The van der Waals surface area contributed by atoms with Crippen LogP contribution in [0.25, 0.3) is 0 Å². The predicted molar refractivity (Wildman–Crippen MR) is 113 cm³/mol. The molecule has 5 fully saturated rings. The summed E-state index contributed by atoms with van der Waals surface area (Å²) in [5.74, 6) is 0. The summed E-state index contributed by atoms with van der Waals surface area (Å²) in [6.07, 6.45) is 0. The smallest absolute Gasteiger partial charge is 0.435 e. The minimum atomic E-state index is -3.69. The van der Waals surface area contributed by atoms with Crippen LogP contribution in [0.4, 0.5) is 0 Å². The lowest BCUT2D eigenvalue weighted by molar-refractivity contribution is -0.0368. The topological polar surface area (TPSA) is 111 Å². The molecule has 5 rings (SSSR count). The van der Waals surface area contributed by atoms with Crippen molar-refractivity contribution in [1.82, 2.24) is 0 Å². The maximum Gasteiger partial charge on any atom is 0.513 e. The van der Waals surface area contributed by atoms with Crippen molar-refractivity contribution in [3.63, 3.8) is 0 Å². The van der Waals surface area contributed by atoms with Crippen LogP contribution in [0.1, 0.15) is 6.92 Å². The summed E-state index contributed by atoms with van der Waals surface area (Å²) < 4.78 is 77.1. The summed E-state index contributed by atoms with van der Waals surface area (Å²) in [4.78, 5) is -1.09. The van der Waals surface area contributed by atoms with Crippen molar-refractivity contribution in [2.45, 2.75) is 57.6 Å². The molecule has 8 atom stereocenters. The normalized spacial score (nSPS) is 62.4. The van der Waals surface area contributed by atoms with Crippen molar-refractivity contribution in [2.24, 2.45) is 0 Å². The van der Waals surface area contributed by atoms with E-state index in [1.54, 1.807) is 32.7 Å². The first-order valence-electron chi connectivity index (χ1n) is 9.57. The van der Waals surface area contributed by atoms with E-state index < -0.39 is 66.2 Å². The van der Waals surface area contributed by atoms with Crippen LogP contribution < -0.4 is 0 Å². The fourth-order valence-corrected chi connectivity index (χ4v) is 46.1. The second-order valence-electron chi connectivity index (χ2n) is 8.48. The Kier molecular flexibility index (Phi) is 4.97. The Labute approximate surface area is 185 Å². The minimum absolute atomic E-state index is 0.119. The largest absolute Gasteiger partial charge is 0.513 e. The van der Waals surface area contributed by atoms with Crippen LogP contribution in [0.15, 0.2) is 0 Å². The van der Waals surface area contributed by atoms with Crippen LogP contribution >= 0.6 is 0 Å². The highest BCUT2D eigenvalue weighted by atomic mass is 28.6. The van der Waals surface area contributed by atoms with Gasteiger partial charge in [-0.3, -0.25) is 0 Å². The van der Waals surface area contributed by atoms with Gasteiger partial charge in [0.1, 0.15) is 6.79 Å². The van der Waals surface area contributed by atoms with Crippen molar-refractivity contribution >= 4 is 71.2 Å². The standard InChI is InChI=1S/C10H26O12Si8/c1-10-13-27(6)16-25(4)11-9-12-26(5)17-28(7,15-24(10,3)14-23-2)21-30(10,20-27)22-29(8,18-25)19-26/h9H2,1-8H3. The van der Waals surface area contributed by atoms with E-state index in [2.05, 4.69) is 0 Å². The molecule has 12 nitrogen and oxygen atoms in total. The van der Waals surface area contributed by atoms with Crippen LogP contribution in [0.2, 0.25) is 45.8 Å². The van der Waals surface area contributed by atoms with E-state index in [1.165, 1.54) is 0 Å². The first-order valence-corrected chi connectivity index (χ1v) is 26.1. The number of fused-ring (bicyclic) bond motifs is 4. The van der Waals surface area contributed by atoms with Gasteiger partial charge in [-0.1, -0.05) is 0 Å². The third kappa shape index (κ3) is 3.21. The number of hydrogen-bond donors (Lipinski definition) is 0. The van der Waals surface area contributed by atoms with E-state index in [1.807, 2.05) is 20.0 Å². The van der Waals surface area contributed by atoms with E-state index >= 15 is 0 Å². The van der Waals surface area contributed by atoms with Gasteiger partial charge in [0.2, 0.25) is 9.76 Å². The zero-order valence-corrected chi connectivity index (χ0v) is 26.1. The second-order valence-corrected chi connectivity index (χ2v) is 31.1. The van der Waals surface area contributed by atoms with Crippen molar-refractivity contribution in [3.8, 4) is 0 Å². The zero-order valence-electron chi connectivity index (χ0n) is 18.1. The van der Waals surface area contributed by atoms with Crippen molar-refractivity contribution in [3.05, 3.63) is 0 Å². The molecule has 0 aromatic carbocycles. The average molecular weight is 563 g/mol. The molecule has 170 valence electrons. The Morgan fingerprint density at radius 1 is 0.667 bits per heavy atom. The number of hydrogen-bond acceptors (Lipinski definition) is 12. The van der Waals surface area contributed by atoms with Gasteiger partial charge in [-0.05, 0) is 20.0 Å². The molecule has 0 amide bonds. The van der Waals surface area contributed by atoms with E-state index in [0.29, 0.717) is 0 Å². The van der Waals surface area contributed by atoms with Gasteiger partial charge in [-0.2, -0.15) is 0 Å². The van der Waals surface area contributed by atoms with E-state index in [-0.39, 0.29) is 16.6 Å². The molecule has 8 unspecified atom stereocenters. The molecule has 0 aromatic rings. The molecule has 5 heterocycles. The van der Waals surface area contributed by atoms with Gasteiger partial charge >= 0.3 is 61.4 Å². The Morgan fingerprint density at radius 2 is 1.13 bits per heavy atom. The average Bonchev–Trinajstić information content (AvgIpc) is 2.70. The Bertz CT molecular complexity index is 785. The summed E-state index contributed by atoms with van der Waals surface area (Å²) in [7, 11) is -23.5. The minimum Gasteiger partial charge on any atom is -0.435 e.